The first kappa shape index (κ1) is 16.1. The van der Waals surface area contributed by atoms with E-state index in [1.54, 1.807) is 0 Å². The molecule has 0 radical (unpaired) electrons. The van der Waals surface area contributed by atoms with Crippen LogP contribution in [0.15, 0.2) is 60.8 Å². The minimum Gasteiger partial charge on any atom is -0.494 e. The van der Waals surface area contributed by atoms with E-state index in [9.17, 15) is 8.78 Å². The van der Waals surface area contributed by atoms with Crippen LogP contribution >= 0.6 is 0 Å². The molecule has 122 valence electrons. The summed E-state index contributed by atoms with van der Waals surface area (Å²) in [5.74, 6) is -1.18. The molecule has 2 nitrogen and oxygen atoms in total. The lowest BCUT2D eigenvalue weighted by Gasteiger charge is -2.07. The van der Waals surface area contributed by atoms with Crippen molar-refractivity contribution in [3.63, 3.8) is 0 Å². The highest BCUT2D eigenvalue weighted by atomic mass is 19.2. The number of benzene rings is 2. The Morgan fingerprint density at radius 3 is 1.92 bits per heavy atom. The van der Waals surface area contributed by atoms with Gasteiger partial charge in [0.2, 0.25) is 5.95 Å². The van der Waals surface area contributed by atoms with E-state index in [-0.39, 0.29) is 0 Å². The largest absolute Gasteiger partial charge is 0.494 e. The van der Waals surface area contributed by atoms with Crippen molar-refractivity contribution >= 4 is 0 Å². The minimum absolute atomic E-state index is 0.545. The Kier molecular flexibility index (Phi) is 4.85. The molecule has 0 bridgehead atoms. The van der Waals surface area contributed by atoms with Gasteiger partial charge in [0.05, 0.1) is 6.61 Å². The van der Waals surface area contributed by atoms with E-state index in [4.69, 9.17) is 4.74 Å². The normalized spacial score (nSPS) is 10.6. The summed E-state index contributed by atoms with van der Waals surface area (Å²) in [7, 11) is 0. The van der Waals surface area contributed by atoms with Gasteiger partial charge < -0.3 is 4.74 Å². The van der Waals surface area contributed by atoms with E-state index in [0.717, 1.165) is 34.9 Å². The van der Waals surface area contributed by atoms with Crippen LogP contribution in [0, 0.1) is 11.8 Å². The van der Waals surface area contributed by atoms with Gasteiger partial charge in [-0.05, 0) is 41.3 Å². The van der Waals surface area contributed by atoms with Gasteiger partial charge in [-0.1, -0.05) is 43.3 Å². The molecule has 0 saturated heterocycles. The van der Waals surface area contributed by atoms with E-state index >= 15 is 0 Å². The molecule has 3 aromatic rings. The molecule has 0 fully saturated rings. The molecule has 1 aromatic heterocycles. The Balaban J connectivity index is 1.80. The molecule has 24 heavy (non-hydrogen) atoms. The fourth-order valence-electron chi connectivity index (χ4n) is 2.40. The summed E-state index contributed by atoms with van der Waals surface area (Å²) < 4.78 is 31.8. The Labute approximate surface area is 139 Å². The number of pyridine rings is 1. The number of halogens is 2. The van der Waals surface area contributed by atoms with Crippen LogP contribution in [0.2, 0.25) is 0 Å². The Bertz CT molecular complexity index is 814. The van der Waals surface area contributed by atoms with Gasteiger partial charge in [-0.2, -0.15) is 4.39 Å². The molecular weight excluding hydrogens is 308 g/mol. The SMILES string of the molecule is CCCOc1ccc(-c2ccc(-c3cnc(F)c(F)c3)cc2)cc1. The van der Waals surface area contributed by atoms with E-state index in [0.29, 0.717) is 12.2 Å². The Morgan fingerprint density at radius 1 is 0.833 bits per heavy atom. The van der Waals surface area contributed by atoms with Crippen LogP contribution in [0.4, 0.5) is 8.78 Å². The monoisotopic (exact) mass is 325 g/mol. The van der Waals surface area contributed by atoms with Crippen molar-refractivity contribution in [3.8, 4) is 28.0 Å². The zero-order valence-corrected chi connectivity index (χ0v) is 13.3. The highest BCUT2D eigenvalue weighted by Gasteiger charge is 2.06. The predicted molar refractivity (Wildman–Crippen MR) is 90.8 cm³/mol. The van der Waals surface area contributed by atoms with Gasteiger partial charge >= 0.3 is 0 Å². The molecule has 2 aromatic carbocycles. The average molecular weight is 325 g/mol. The standard InChI is InChI=1S/C20H17F2NO/c1-2-11-24-18-9-7-15(8-10-18)14-3-5-16(6-4-14)17-12-19(21)20(22)23-13-17/h3-10,12-13H,2,11H2,1H3. The maximum absolute atomic E-state index is 13.3. The molecule has 0 N–H and O–H groups in total. The van der Waals surface area contributed by atoms with Gasteiger partial charge in [0.15, 0.2) is 5.82 Å². The molecule has 0 aliphatic rings. The molecule has 0 aliphatic heterocycles. The van der Waals surface area contributed by atoms with Gasteiger partial charge in [-0.3, -0.25) is 0 Å². The van der Waals surface area contributed by atoms with Crippen molar-refractivity contribution < 1.29 is 13.5 Å². The number of hydrogen-bond donors (Lipinski definition) is 0. The van der Waals surface area contributed by atoms with Crippen molar-refractivity contribution in [3.05, 3.63) is 72.6 Å². The second-order valence-electron chi connectivity index (χ2n) is 5.45. The molecule has 1 heterocycles. The van der Waals surface area contributed by atoms with Crippen LogP contribution in [-0.2, 0) is 0 Å². The quantitative estimate of drug-likeness (QED) is 0.579. The molecule has 0 aliphatic carbocycles. The summed E-state index contributed by atoms with van der Waals surface area (Å²) in [6.07, 6.45) is 2.30. The fraction of sp³-hybridized carbons (Fsp3) is 0.150. The zero-order valence-electron chi connectivity index (χ0n) is 13.3. The molecule has 3 rings (SSSR count). The smallest absolute Gasteiger partial charge is 0.248 e. The average Bonchev–Trinajstić information content (AvgIpc) is 2.63. The lowest BCUT2D eigenvalue weighted by Crippen LogP contribution is -1.94. The Hall–Kier alpha value is -2.75. The minimum atomic E-state index is -1.08. The Morgan fingerprint density at radius 2 is 1.38 bits per heavy atom. The summed E-state index contributed by atoms with van der Waals surface area (Å²) in [4.78, 5) is 3.41. The lowest BCUT2D eigenvalue weighted by atomic mass is 10.0. The molecule has 0 unspecified atom stereocenters. The maximum atomic E-state index is 13.3. The van der Waals surface area contributed by atoms with Crippen molar-refractivity contribution in [2.75, 3.05) is 6.61 Å². The third-order valence-electron chi connectivity index (χ3n) is 3.68. The van der Waals surface area contributed by atoms with Gasteiger partial charge in [0, 0.05) is 11.8 Å². The third-order valence-corrected chi connectivity index (χ3v) is 3.68. The van der Waals surface area contributed by atoms with Crippen molar-refractivity contribution in [1.82, 2.24) is 4.98 Å². The topological polar surface area (TPSA) is 22.1 Å². The predicted octanol–water partition coefficient (Wildman–Crippen LogP) is 5.48. The molecule has 0 atom stereocenters. The second kappa shape index (κ2) is 7.21. The van der Waals surface area contributed by atoms with Gasteiger partial charge in [0.1, 0.15) is 5.75 Å². The zero-order chi connectivity index (χ0) is 16.9. The van der Waals surface area contributed by atoms with E-state index in [1.807, 2.05) is 48.5 Å². The summed E-state index contributed by atoms with van der Waals surface area (Å²) in [6, 6.07) is 16.7. The van der Waals surface area contributed by atoms with E-state index in [1.165, 1.54) is 6.20 Å². The summed E-state index contributed by atoms with van der Waals surface area (Å²) in [6.45, 7) is 2.77. The van der Waals surface area contributed by atoms with E-state index in [2.05, 4.69) is 11.9 Å². The van der Waals surface area contributed by atoms with Crippen LogP contribution in [0.25, 0.3) is 22.3 Å². The highest BCUT2D eigenvalue weighted by Crippen LogP contribution is 2.26. The molecule has 0 saturated carbocycles. The van der Waals surface area contributed by atoms with Crippen LogP contribution < -0.4 is 4.74 Å². The second-order valence-corrected chi connectivity index (χ2v) is 5.45. The molecule has 0 amide bonds. The van der Waals surface area contributed by atoms with Gasteiger partial charge in [0.25, 0.3) is 0 Å². The first-order valence-corrected chi connectivity index (χ1v) is 7.82. The van der Waals surface area contributed by atoms with Crippen LogP contribution in [0.1, 0.15) is 13.3 Å². The van der Waals surface area contributed by atoms with E-state index < -0.39 is 11.8 Å². The third kappa shape index (κ3) is 3.59. The number of aromatic nitrogens is 1. The first-order valence-electron chi connectivity index (χ1n) is 7.82. The number of rotatable bonds is 5. The molecular formula is C20H17F2NO. The lowest BCUT2D eigenvalue weighted by molar-refractivity contribution is 0.317. The first-order chi connectivity index (χ1) is 11.7. The fourth-order valence-corrected chi connectivity index (χ4v) is 2.40. The van der Waals surface area contributed by atoms with Crippen molar-refractivity contribution in [2.45, 2.75) is 13.3 Å². The summed E-state index contributed by atoms with van der Waals surface area (Å²) in [5, 5.41) is 0. The van der Waals surface area contributed by atoms with Crippen LogP contribution in [0.3, 0.4) is 0 Å². The van der Waals surface area contributed by atoms with Gasteiger partial charge in [-0.25, -0.2) is 9.37 Å². The highest BCUT2D eigenvalue weighted by molar-refractivity contribution is 5.70. The van der Waals surface area contributed by atoms with Crippen molar-refractivity contribution in [2.24, 2.45) is 0 Å². The summed E-state index contributed by atoms with van der Waals surface area (Å²) >= 11 is 0. The number of ether oxygens (including phenoxy) is 1. The van der Waals surface area contributed by atoms with Crippen LogP contribution in [0.5, 0.6) is 5.75 Å². The number of hydrogen-bond acceptors (Lipinski definition) is 2. The molecule has 0 spiro atoms. The number of nitrogens with zero attached hydrogens (tertiary/aromatic N) is 1. The summed E-state index contributed by atoms with van der Waals surface area (Å²) in [5.41, 5.74) is 3.43. The van der Waals surface area contributed by atoms with Crippen LogP contribution in [-0.4, -0.2) is 11.6 Å². The maximum Gasteiger partial charge on any atom is 0.248 e. The van der Waals surface area contributed by atoms with Crippen molar-refractivity contribution in [1.29, 1.82) is 0 Å². The molecule has 4 heteroatoms. The van der Waals surface area contributed by atoms with Gasteiger partial charge in [-0.15, -0.1) is 0 Å².